The van der Waals surface area contributed by atoms with Crippen molar-refractivity contribution in [3.8, 4) is 0 Å². The monoisotopic (exact) mass is 302 g/mol. The molecule has 1 N–H and O–H groups in total. The molecule has 1 heterocycles. The van der Waals surface area contributed by atoms with Crippen molar-refractivity contribution in [1.82, 2.24) is 9.97 Å². The zero-order valence-corrected chi connectivity index (χ0v) is 9.52. The van der Waals surface area contributed by atoms with Crippen LogP contribution in [0.4, 0.5) is 0 Å². The highest BCUT2D eigenvalue weighted by Gasteiger charge is 2.04. The van der Waals surface area contributed by atoms with Gasteiger partial charge in [-0.15, -0.1) is 0 Å². The summed E-state index contributed by atoms with van der Waals surface area (Å²) in [5, 5.41) is 0.575. The van der Waals surface area contributed by atoms with Gasteiger partial charge in [0.1, 0.15) is 0 Å². The summed E-state index contributed by atoms with van der Waals surface area (Å²) in [7, 11) is 0. The number of halogens is 2. The van der Waals surface area contributed by atoms with Crippen LogP contribution in [0, 0.1) is 0 Å². The number of hydrogen-bond donors (Lipinski definition) is 1. The van der Waals surface area contributed by atoms with E-state index in [4.69, 9.17) is 0 Å². The fraction of sp³-hybridized carbons (Fsp3) is 0. The largest absolute Gasteiger partial charge is 0.313 e. The Kier molecular flexibility index (Phi) is 2.21. The lowest BCUT2D eigenvalue weighted by molar-refractivity contribution is 1.17. The fourth-order valence-corrected chi connectivity index (χ4v) is 2.50. The Morgan fingerprint density at radius 2 is 2.08 bits per heavy atom. The van der Waals surface area contributed by atoms with Crippen molar-refractivity contribution in [2.45, 2.75) is 0 Å². The average Bonchev–Trinajstić information content (AvgIpc) is 2.02. The van der Waals surface area contributed by atoms with Crippen LogP contribution < -0.4 is 5.56 Å². The number of fused-ring (bicyclic) bond motifs is 1. The highest BCUT2D eigenvalue weighted by molar-refractivity contribution is 9.11. The van der Waals surface area contributed by atoms with Crippen LogP contribution in [0.25, 0.3) is 10.9 Å². The number of nitrogens with one attached hydrogen (secondary N) is 1. The Morgan fingerprint density at radius 1 is 1.31 bits per heavy atom. The number of rotatable bonds is 0. The van der Waals surface area contributed by atoms with Gasteiger partial charge in [0.25, 0.3) is 5.56 Å². The summed E-state index contributed by atoms with van der Waals surface area (Å²) in [5.41, 5.74) is 0.536. The van der Waals surface area contributed by atoms with E-state index in [2.05, 4.69) is 41.8 Å². The molecule has 0 saturated carbocycles. The number of hydrogen-bond acceptors (Lipinski definition) is 2. The summed E-state index contributed by atoms with van der Waals surface area (Å²) in [6, 6.07) is 3.62. The van der Waals surface area contributed by atoms with Crippen molar-refractivity contribution in [3.63, 3.8) is 0 Å². The van der Waals surface area contributed by atoms with E-state index in [1.54, 1.807) is 6.07 Å². The molecule has 66 valence electrons. The number of aromatic amines is 1. The predicted octanol–water partition coefficient (Wildman–Crippen LogP) is 2.45. The Hall–Kier alpha value is -0.680. The fourth-order valence-electron chi connectivity index (χ4n) is 1.12. The molecule has 0 atom stereocenters. The minimum atomic E-state index is -0.135. The first-order chi connectivity index (χ1) is 6.18. The summed E-state index contributed by atoms with van der Waals surface area (Å²) in [6.45, 7) is 0. The highest BCUT2D eigenvalue weighted by atomic mass is 79.9. The Bertz CT molecular complexity index is 521. The summed E-state index contributed by atoms with van der Waals surface area (Å²) >= 11 is 6.63. The van der Waals surface area contributed by atoms with E-state index < -0.39 is 0 Å². The summed E-state index contributed by atoms with van der Waals surface area (Å²) < 4.78 is 1.64. The lowest BCUT2D eigenvalue weighted by atomic mass is 10.2. The predicted molar refractivity (Wildman–Crippen MR) is 57.8 cm³/mol. The van der Waals surface area contributed by atoms with Gasteiger partial charge in [-0.3, -0.25) is 4.79 Å². The van der Waals surface area contributed by atoms with Gasteiger partial charge in [0.15, 0.2) is 0 Å². The maximum atomic E-state index is 11.4. The molecule has 2 aromatic rings. The lowest BCUT2D eigenvalue weighted by Gasteiger charge is -1.98. The second-order valence-electron chi connectivity index (χ2n) is 2.51. The summed E-state index contributed by atoms with van der Waals surface area (Å²) in [6.07, 6.45) is 1.39. The molecule has 13 heavy (non-hydrogen) atoms. The molecule has 0 aliphatic heterocycles. The molecule has 0 saturated heterocycles. The zero-order chi connectivity index (χ0) is 9.42. The molecular weight excluding hydrogens is 300 g/mol. The van der Waals surface area contributed by atoms with Gasteiger partial charge in [0, 0.05) is 8.95 Å². The van der Waals surface area contributed by atoms with Crippen molar-refractivity contribution < 1.29 is 0 Å². The molecule has 3 nitrogen and oxygen atoms in total. The van der Waals surface area contributed by atoms with Crippen LogP contribution >= 0.6 is 31.9 Å². The molecule has 0 spiro atoms. The second kappa shape index (κ2) is 3.23. The van der Waals surface area contributed by atoms with Gasteiger partial charge in [0.2, 0.25) is 0 Å². The van der Waals surface area contributed by atoms with Crippen LogP contribution in [-0.4, -0.2) is 9.97 Å². The molecule has 1 aromatic carbocycles. The quantitative estimate of drug-likeness (QED) is 0.812. The van der Waals surface area contributed by atoms with Crippen LogP contribution in [0.5, 0.6) is 0 Å². The average molecular weight is 304 g/mol. The number of aromatic nitrogens is 2. The van der Waals surface area contributed by atoms with E-state index in [1.807, 2.05) is 6.07 Å². The first-order valence-electron chi connectivity index (χ1n) is 3.51. The molecule has 0 aliphatic carbocycles. The SMILES string of the molecule is O=c1[nH]cnc2cc(Br)cc(Br)c12. The zero-order valence-electron chi connectivity index (χ0n) is 6.34. The lowest BCUT2D eigenvalue weighted by Crippen LogP contribution is -2.06. The summed E-state index contributed by atoms with van der Waals surface area (Å²) in [4.78, 5) is 17.9. The number of H-pyrrole nitrogens is 1. The van der Waals surface area contributed by atoms with E-state index in [-0.39, 0.29) is 5.56 Å². The smallest absolute Gasteiger partial charge is 0.259 e. The van der Waals surface area contributed by atoms with Gasteiger partial charge in [0.05, 0.1) is 17.2 Å². The van der Waals surface area contributed by atoms with Crippen LogP contribution in [-0.2, 0) is 0 Å². The third-order valence-corrected chi connectivity index (χ3v) is 2.74. The van der Waals surface area contributed by atoms with Crippen molar-refractivity contribution >= 4 is 42.8 Å². The summed E-state index contributed by atoms with van der Waals surface area (Å²) in [5.74, 6) is 0. The molecule has 0 fully saturated rings. The number of nitrogens with zero attached hydrogens (tertiary/aromatic N) is 1. The third-order valence-electron chi connectivity index (χ3n) is 1.66. The maximum absolute atomic E-state index is 11.4. The van der Waals surface area contributed by atoms with Gasteiger partial charge in [-0.1, -0.05) is 15.9 Å². The molecular formula is C8H4Br2N2O. The van der Waals surface area contributed by atoms with Gasteiger partial charge >= 0.3 is 0 Å². The van der Waals surface area contributed by atoms with Crippen molar-refractivity contribution in [2.24, 2.45) is 0 Å². The molecule has 0 amide bonds. The van der Waals surface area contributed by atoms with E-state index >= 15 is 0 Å². The van der Waals surface area contributed by atoms with Crippen LogP contribution in [0.15, 0.2) is 32.2 Å². The Balaban J connectivity index is 3.03. The Morgan fingerprint density at radius 3 is 2.85 bits per heavy atom. The van der Waals surface area contributed by atoms with Crippen LogP contribution in [0.2, 0.25) is 0 Å². The van der Waals surface area contributed by atoms with Crippen molar-refractivity contribution in [2.75, 3.05) is 0 Å². The number of benzene rings is 1. The normalized spacial score (nSPS) is 10.6. The first kappa shape index (κ1) is 8.90. The first-order valence-corrected chi connectivity index (χ1v) is 5.09. The van der Waals surface area contributed by atoms with E-state index in [0.717, 1.165) is 8.95 Å². The van der Waals surface area contributed by atoms with Crippen molar-refractivity contribution in [1.29, 1.82) is 0 Å². The molecule has 0 bridgehead atoms. The molecule has 2 rings (SSSR count). The highest BCUT2D eigenvalue weighted by Crippen LogP contribution is 2.24. The van der Waals surface area contributed by atoms with Crippen molar-refractivity contribution in [3.05, 3.63) is 37.8 Å². The Labute approximate surface area is 90.4 Å². The molecule has 1 aromatic heterocycles. The van der Waals surface area contributed by atoms with Gasteiger partial charge in [-0.2, -0.15) is 0 Å². The van der Waals surface area contributed by atoms with Gasteiger partial charge < -0.3 is 4.98 Å². The van der Waals surface area contributed by atoms with E-state index in [1.165, 1.54) is 6.33 Å². The van der Waals surface area contributed by atoms with Gasteiger partial charge in [-0.25, -0.2) is 4.98 Å². The topological polar surface area (TPSA) is 45.8 Å². The molecule has 0 radical (unpaired) electrons. The van der Waals surface area contributed by atoms with E-state index in [0.29, 0.717) is 10.9 Å². The van der Waals surface area contributed by atoms with E-state index in [9.17, 15) is 4.79 Å². The molecule has 0 aliphatic rings. The maximum Gasteiger partial charge on any atom is 0.259 e. The minimum absolute atomic E-state index is 0.135. The molecule has 5 heteroatoms. The third kappa shape index (κ3) is 1.53. The standard InChI is InChI=1S/C8H4Br2N2O/c9-4-1-5(10)7-6(2-4)11-3-12-8(7)13/h1-3H,(H,11,12,13). The molecule has 0 unspecified atom stereocenters. The van der Waals surface area contributed by atoms with Gasteiger partial charge in [-0.05, 0) is 28.1 Å². The van der Waals surface area contributed by atoms with Crippen LogP contribution in [0.3, 0.4) is 0 Å². The van der Waals surface area contributed by atoms with Crippen LogP contribution in [0.1, 0.15) is 0 Å². The minimum Gasteiger partial charge on any atom is -0.313 e. The second-order valence-corrected chi connectivity index (χ2v) is 4.28.